The summed E-state index contributed by atoms with van der Waals surface area (Å²) >= 11 is 0. The molecule has 3 rings (SSSR count). The number of carbonyl (C=O) groups excluding carboxylic acids is 1. The van der Waals surface area contributed by atoms with Crippen molar-refractivity contribution in [1.29, 1.82) is 0 Å². The van der Waals surface area contributed by atoms with Crippen LogP contribution in [0.5, 0.6) is 0 Å². The Morgan fingerprint density at radius 1 is 1.00 bits per heavy atom. The Bertz CT molecular complexity index is 1020. The van der Waals surface area contributed by atoms with Crippen molar-refractivity contribution in [1.82, 2.24) is 0 Å². The maximum atomic E-state index is 11.7. The summed E-state index contributed by atoms with van der Waals surface area (Å²) in [7, 11) is 0. The van der Waals surface area contributed by atoms with Gasteiger partial charge in [0.2, 0.25) is 0 Å². The molecule has 0 saturated heterocycles. The van der Waals surface area contributed by atoms with Crippen molar-refractivity contribution >= 4 is 27.5 Å². The monoisotopic (exact) mass is 376 g/mol. The lowest BCUT2D eigenvalue weighted by Crippen LogP contribution is -2.30. The summed E-state index contributed by atoms with van der Waals surface area (Å²) in [4.78, 5) is 11.7. The Morgan fingerprint density at radius 3 is 2.25 bits per heavy atom. The number of hydrogen-bond acceptors (Lipinski definition) is 3. The van der Waals surface area contributed by atoms with Crippen LogP contribution in [-0.2, 0) is 14.3 Å². The highest BCUT2D eigenvalue weighted by Crippen LogP contribution is 2.27. The first kappa shape index (κ1) is 20.1. The van der Waals surface area contributed by atoms with E-state index in [2.05, 4.69) is 68.1 Å². The van der Waals surface area contributed by atoms with Crippen molar-refractivity contribution in [2.45, 2.75) is 45.8 Å². The van der Waals surface area contributed by atoms with Crippen LogP contribution in [0.1, 0.15) is 45.8 Å². The fourth-order valence-electron chi connectivity index (χ4n) is 3.18. The molecule has 1 unspecified atom stereocenters. The molecule has 1 atom stereocenters. The molecule has 0 fully saturated rings. The second kappa shape index (κ2) is 8.15. The topological polar surface area (TPSA) is 35.5 Å². The minimum absolute atomic E-state index is 0.0384. The largest absolute Gasteiger partial charge is 0.456 e. The van der Waals surface area contributed by atoms with Crippen molar-refractivity contribution in [2.75, 3.05) is 6.61 Å². The summed E-state index contributed by atoms with van der Waals surface area (Å²) in [6.07, 6.45) is 0.581. The van der Waals surface area contributed by atoms with Crippen LogP contribution in [0.15, 0.2) is 66.7 Å². The van der Waals surface area contributed by atoms with Crippen molar-refractivity contribution in [3.05, 3.63) is 72.3 Å². The molecular formula is C25H28O3. The SMILES string of the molecule is C=C(C)C(=O)OC(C)(C)CCOC(C)c1ccc2cc3ccccc3cc2c1. The molecule has 0 bridgehead atoms. The Hall–Kier alpha value is -2.65. The highest BCUT2D eigenvalue weighted by Gasteiger charge is 2.23. The number of rotatable bonds is 7. The highest BCUT2D eigenvalue weighted by atomic mass is 16.6. The lowest BCUT2D eigenvalue weighted by Gasteiger charge is -2.26. The number of benzene rings is 3. The van der Waals surface area contributed by atoms with Gasteiger partial charge in [-0.3, -0.25) is 0 Å². The minimum atomic E-state index is -0.585. The number of hydrogen-bond donors (Lipinski definition) is 0. The van der Waals surface area contributed by atoms with Crippen LogP contribution in [0.2, 0.25) is 0 Å². The average Bonchev–Trinajstić information content (AvgIpc) is 2.65. The predicted octanol–water partition coefficient (Wildman–Crippen LogP) is 6.36. The van der Waals surface area contributed by atoms with E-state index in [1.165, 1.54) is 21.5 Å². The molecule has 0 radical (unpaired) electrons. The molecule has 0 spiro atoms. The summed E-state index contributed by atoms with van der Waals surface area (Å²) in [6, 6.07) is 19.3. The van der Waals surface area contributed by atoms with Crippen molar-refractivity contribution in [3.8, 4) is 0 Å². The molecule has 0 aromatic heterocycles. The molecule has 0 aliphatic rings. The van der Waals surface area contributed by atoms with E-state index in [4.69, 9.17) is 9.47 Å². The lowest BCUT2D eigenvalue weighted by molar-refractivity contribution is -0.153. The smallest absolute Gasteiger partial charge is 0.333 e. The van der Waals surface area contributed by atoms with Gasteiger partial charge in [0, 0.05) is 12.0 Å². The molecule has 0 aliphatic heterocycles. The summed E-state index contributed by atoms with van der Waals surface area (Å²) in [5, 5.41) is 4.92. The van der Waals surface area contributed by atoms with Crippen molar-refractivity contribution in [2.24, 2.45) is 0 Å². The quantitative estimate of drug-likeness (QED) is 0.273. The third-order valence-corrected chi connectivity index (χ3v) is 4.99. The molecule has 146 valence electrons. The Labute approximate surface area is 167 Å². The van der Waals surface area contributed by atoms with Crippen LogP contribution in [0.4, 0.5) is 0 Å². The summed E-state index contributed by atoms with van der Waals surface area (Å²) in [5.74, 6) is -0.361. The molecular weight excluding hydrogens is 348 g/mol. The molecule has 3 aromatic rings. The first-order valence-electron chi connectivity index (χ1n) is 9.68. The van der Waals surface area contributed by atoms with E-state index < -0.39 is 5.60 Å². The molecule has 0 saturated carbocycles. The first-order valence-corrected chi connectivity index (χ1v) is 9.68. The zero-order chi connectivity index (χ0) is 20.3. The van der Waals surface area contributed by atoms with Gasteiger partial charge in [0.1, 0.15) is 5.60 Å². The van der Waals surface area contributed by atoms with Gasteiger partial charge in [-0.25, -0.2) is 4.79 Å². The molecule has 3 aromatic carbocycles. The highest BCUT2D eigenvalue weighted by molar-refractivity contribution is 5.98. The van der Waals surface area contributed by atoms with Gasteiger partial charge in [0.15, 0.2) is 0 Å². The third-order valence-electron chi connectivity index (χ3n) is 4.99. The van der Waals surface area contributed by atoms with E-state index in [-0.39, 0.29) is 12.1 Å². The van der Waals surface area contributed by atoms with Crippen LogP contribution in [0, 0.1) is 0 Å². The average molecular weight is 376 g/mol. The Balaban J connectivity index is 1.66. The predicted molar refractivity (Wildman–Crippen MR) is 115 cm³/mol. The van der Waals surface area contributed by atoms with Gasteiger partial charge in [-0.2, -0.15) is 0 Å². The molecule has 0 N–H and O–H groups in total. The van der Waals surface area contributed by atoms with Gasteiger partial charge >= 0.3 is 5.97 Å². The summed E-state index contributed by atoms with van der Waals surface area (Å²) in [6.45, 7) is 11.6. The Kier molecular flexibility index (Phi) is 5.85. The van der Waals surface area contributed by atoms with Crippen LogP contribution >= 0.6 is 0 Å². The van der Waals surface area contributed by atoms with Crippen LogP contribution in [0.3, 0.4) is 0 Å². The van der Waals surface area contributed by atoms with Gasteiger partial charge in [0.05, 0.1) is 12.7 Å². The van der Waals surface area contributed by atoms with E-state index in [9.17, 15) is 4.79 Å². The zero-order valence-corrected chi connectivity index (χ0v) is 17.1. The summed E-state index contributed by atoms with van der Waals surface area (Å²) < 4.78 is 11.5. The van der Waals surface area contributed by atoms with E-state index in [0.29, 0.717) is 18.6 Å². The zero-order valence-electron chi connectivity index (χ0n) is 17.1. The Morgan fingerprint density at radius 2 is 1.61 bits per heavy atom. The number of esters is 1. The second-order valence-corrected chi connectivity index (χ2v) is 8.00. The first-order chi connectivity index (χ1) is 13.2. The maximum Gasteiger partial charge on any atom is 0.333 e. The van der Waals surface area contributed by atoms with Gasteiger partial charge in [-0.15, -0.1) is 0 Å². The second-order valence-electron chi connectivity index (χ2n) is 8.00. The number of ether oxygens (including phenoxy) is 2. The fourth-order valence-corrected chi connectivity index (χ4v) is 3.18. The molecule has 3 nitrogen and oxygen atoms in total. The normalized spacial score (nSPS) is 12.9. The number of carbonyl (C=O) groups is 1. The van der Waals surface area contributed by atoms with Crippen LogP contribution in [-0.4, -0.2) is 18.2 Å². The third kappa shape index (κ3) is 4.79. The molecule has 3 heteroatoms. The maximum absolute atomic E-state index is 11.7. The molecule has 0 heterocycles. The van der Waals surface area contributed by atoms with Crippen LogP contribution < -0.4 is 0 Å². The summed E-state index contributed by atoms with van der Waals surface area (Å²) in [5.41, 5.74) is 0.962. The standard InChI is InChI=1S/C25H28O3/c1-17(2)24(26)28-25(4,5)12-13-27-18(3)19-10-11-22-15-20-8-6-7-9-21(20)16-23(22)14-19/h6-11,14-16,18H,1,12-13H2,2-5H3. The van der Waals surface area contributed by atoms with Gasteiger partial charge in [-0.05, 0) is 73.0 Å². The lowest BCUT2D eigenvalue weighted by atomic mass is 10.00. The molecule has 28 heavy (non-hydrogen) atoms. The van der Waals surface area contributed by atoms with Gasteiger partial charge < -0.3 is 9.47 Å². The van der Waals surface area contributed by atoms with Gasteiger partial charge in [0.25, 0.3) is 0 Å². The van der Waals surface area contributed by atoms with E-state index in [1.54, 1.807) is 6.92 Å². The molecule has 0 amide bonds. The van der Waals surface area contributed by atoms with E-state index in [0.717, 1.165) is 5.56 Å². The van der Waals surface area contributed by atoms with Crippen molar-refractivity contribution in [3.63, 3.8) is 0 Å². The van der Waals surface area contributed by atoms with Gasteiger partial charge in [-0.1, -0.05) is 43.0 Å². The molecule has 0 aliphatic carbocycles. The fraction of sp³-hybridized carbons (Fsp3) is 0.320. The van der Waals surface area contributed by atoms with E-state index >= 15 is 0 Å². The minimum Gasteiger partial charge on any atom is -0.456 e. The number of fused-ring (bicyclic) bond motifs is 2. The van der Waals surface area contributed by atoms with Crippen LogP contribution in [0.25, 0.3) is 21.5 Å². The van der Waals surface area contributed by atoms with E-state index in [1.807, 2.05) is 13.8 Å². The van der Waals surface area contributed by atoms with Crippen molar-refractivity contribution < 1.29 is 14.3 Å².